The molecule has 10 heteroatoms. The number of benzene rings is 1. The van der Waals surface area contributed by atoms with Crippen molar-refractivity contribution >= 4 is 46.8 Å². The van der Waals surface area contributed by atoms with E-state index in [0.717, 1.165) is 0 Å². The van der Waals surface area contributed by atoms with Gasteiger partial charge in [-0.15, -0.1) is 0 Å². The van der Waals surface area contributed by atoms with E-state index in [2.05, 4.69) is 10.6 Å². The predicted molar refractivity (Wildman–Crippen MR) is 90.9 cm³/mol. The van der Waals surface area contributed by atoms with Crippen molar-refractivity contribution in [3.63, 3.8) is 0 Å². The number of ether oxygens (including phenoxy) is 3. The Labute approximate surface area is 158 Å². The third kappa shape index (κ3) is 4.05. The second kappa shape index (κ2) is 6.82. The molecule has 3 rings (SSSR count). The Morgan fingerprint density at radius 2 is 2.04 bits per heavy atom. The normalized spacial score (nSPS) is 19.4. The van der Waals surface area contributed by atoms with Crippen molar-refractivity contribution in [1.29, 1.82) is 0 Å². The van der Waals surface area contributed by atoms with Crippen molar-refractivity contribution in [1.82, 2.24) is 10.6 Å². The predicted octanol–water partition coefficient (Wildman–Crippen LogP) is 2.96. The molecule has 0 saturated carbocycles. The fraction of sp³-hybridized carbons (Fsp3) is 0.333. The van der Waals surface area contributed by atoms with Crippen LogP contribution in [0.2, 0.25) is 0 Å². The first-order valence-corrected chi connectivity index (χ1v) is 8.30. The maximum atomic E-state index is 12.5. The topological polar surface area (TPSA) is 85.9 Å². The fourth-order valence-electron chi connectivity index (χ4n) is 2.53. The van der Waals surface area contributed by atoms with Crippen molar-refractivity contribution in [2.75, 3.05) is 13.4 Å². The van der Waals surface area contributed by atoms with E-state index in [0.29, 0.717) is 22.8 Å². The summed E-state index contributed by atoms with van der Waals surface area (Å²) in [5.41, 5.74) is 1.17. The number of carbonyl (C=O) groups excluding carboxylic acids is 2. The molecular weight excluding hydrogens is 395 g/mol. The van der Waals surface area contributed by atoms with Gasteiger partial charge in [0.05, 0.1) is 11.6 Å². The summed E-state index contributed by atoms with van der Waals surface area (Å²) < 4.78 is 13.9. The van der Waals surface area contributed by atoms with Gasteiger partial charge in [-0.25, -0.2) is 9.59 Å². The molecule has 2 N–H and O–H groups in total. The van der Waals surface area contributed by atoms with E-state index in [1.807, 2.05) is 0 Å². The van der Waals surface area contributed by atoms with Gasteiger partial charge in [0.1, 0.15) is 6.61 Å². The second-order valence-electron chi connectivity index (χ2n) is 5.37. The van der Waals surface area contributed by atoms with E-state index in [-0.39, 0.29) is 12.4 Å². The Morgan fingerprint density at radius 1 is 1.32 bits per heavy atom. The Balaban J connectivity index is 1.91. The lowest BCUT2D eigenvalue weighted by Crippen LogP contribution is -2.45. The monoisotopic (exact) mass is 406 g/mol. The number of urea groups is 1. The second-order valence-corrected chi connectivity index (χ2v) is 7.89. The zero-order valence-corrected chi connectivity index (χ0v) is 15.2. The first-order chi connectivity index (χ1) is 11.7. The number of allylic oxidation sites excluding steroid dienone is 1. The van der Waals surface area contributed by atoms with Gasteiger partial charge in [-0.2, -0.15) is 0 Å². The van der Waals surface area contributed by atoms with E-state index >= 15 is 0 Å². The molecule has 1 unspecified atom stereocenters. The van der Waals surface area contributed by atoms with Crippen LogP contribution in [-0.4, -0.2) is 29.2 Å². The van der Waals surface area contributed by atoms with Crippen LogP contribution in [0.5, 0.6) is 11.5 Å². The van der Waals surface area contributed by atoms with Gasteiger partial charge in [0, 0.05) is 5.70 Å². The molecule has 0 fully saturated rings. The fourth-order valence-corrected chi connectivity index (χ4v) is 2.70. The van der Waals surface area contributed by atoms with Crippen LogP contribution < -0.4 is 20.1 Å². The minimum absolute atomic E-state index is 0.115. The summed E-state index contributed by atoms with van der Waals surface area (Å²) in [7, 11) is 0. The Morgan fingerprint density at radius 3 is 2.76 bits per heavy atom. The Bertz CT molecular complexity index is 760. The number of hydrogen-bond donors (Lipinski definition) is 2. The van der Waals surface area contributed by atoms with Crippen LogP contribution >= 0.6 is 34.8 Å². The van der Waals surface area contributed by atoms with Crippen molar-refractivity contribution in [2.24, 2.45) is 0 Å². The highest BCUT2D eigenvalue weighted by atomic mass is 35.6. The number of halogens is 3. The minimum Gasteiger partial charge on any atom is -0.458 e. The van der Waals surface area contributed by atoms with Gasteiger partial charge in [-0.05, 0) is 24.6 Å². The van der Waals surface area contributed by atoms with Crippen LogP contribution in [0.4, 0.5) is 4.79 Å². The molecule has 0 saturated heterocycles. The van der Waals surface area contributed by atoms with Crippen molar-refractivity contribution in [2.45, 2.75) is 16.8 Å². The maximum Gasteiger partial charge on any atom is 0.338 e. The minimum atomic E-state index is -1.73. The molecule has 7 nitrogen and oxygen atoms in total. The van der Waals surface area contributed by atoms with Crippen LogP contribution in [0.15, 0.2) is 29.5 Å². The molecule has 134 valence electrons. The third-order valence-electron chi connectivity index (χ3n) is 3.59. The molecule has 2 aliphatic heterocycles. The van der Waals surface area contributed by atoms with Crippen LogP contribution in [0.25, 0.3) is 0 Å². The van der Waals surface area contributed by atoms with Gasteiger partial charge in [0.25, 0.3) is 0 Å². The smallest absolute Gasteiger partial charge is 0.338 e. The van der Waals surface area contributed by atoms with E-state index in [1.54, 1.807) is 25.1 Å². The average molecular weight is 408 g/mol. The highest BCUT2D eigenvalue weighted by Crippen LogP contribution is 2.37. The van der Waals surface area contributed by atoms with E-state index < -0.39 is 28.4 Å². The standard InChI is InChI=1S/C15H13Cl3N2O5/c1-7-11(13(21)23-5-15(16,17)18)12(20-14(22)19-7)8-2-3-9-10(4-8)25-6-24-9/h2-4,12H,5-6H2,1H3,(H2,19,20,22). The Hall–Kier alpha value is -1.83. The third-order valence-corrected chi connectivity index (χ3v) is 3.91. The first kappa shape index (κ1) is 18.0. The van der Waals surface area contributed by atoms with E-state index in [4.69, 9.17) is 49.0 Å². The van der Waals surface area contributed by atoms with Crippen LogP contribution in [0.3, 0.4) is 0 Å². The van der Waals surface area contributed by atoms with Gasteiger partial charge < -0.3 is 24.8 Å². The van der Waals surface area contributed by atoms with Crippen LogP contribution in [-0.2, 0) is 9.53 Å². The number of amides is 2. The highest BCUT2D eigenvalue weighted by Gasteiger charge is 2.34. The number of carbonyl (C=O) groups is 2. The highest BCUT2D eigenvalue weighted by molar-refractivity contribution is 6.67. The van der Waals surface area contributed by atoms with Gasteiger partial charge in [0.2, 0.25) is 10.6 Å². The SMILES string of the molecule is CC1=C(C(=O)OCC(Cl)(Cl)Cl)C(c2ccc3c(c2)OCO3)NC(=O)N1. The quantitative estimate of drug-likeness (QED) is 0.594. The molecule has 25 heavy (non-hydrogen) atoms. The van der Waals surface area contributed by atoms with Crippen molar-refractivity contribution in [3.8, 4) is 11.5 Å². The molecule has 2 amide bonds. The number of rotatable bonds is 3. The number of hydrogen-bond acceptors (Lipinski definition) is 5. The molecule has 2 heterocycles. The molecule has 1 aromatic rings. The van der Waals surface area contributed by atoms with Crippen molar-refractivity contribution in [3.05, 3.63) is 35.0 Å². The number of esters is 1. The molecule has 0 aliphatic carbocycles. The number of alkyl halides is 3. The van der Waals surface area contributed by atoms with Gasteiger partial charge in [-0.3, -0.25) is 0 Å². The zero-order valence-electron chi connectivity index (χ0n) is 12.9. The number of nitrogens with one attached hydrogen (secondary N) is 2. The summed E-state index contributed by atoms with van der Waals surface area (Å²) in [6.45, 7) is 1.28. The number of fused-ring (bicyclic) bond motifs is 1. The van der Waals surface area contributed by atoms with E-state index in [9.17, 15) is 9.59 Å². The largest absolute Gasteiger partial charge is 0.458 e. The summed E-state index contributed by atoms with van der Waals surface area (Å²) >= 11 is 16.8. The van der Waals surface area contributed by atoms with Crippen LogP contribution in [0, 0.1) is 0 Å². The molecule has 0 bridgehead atoms. The first-order valence-electron chi connectivity index (χ1n) is 7.16. The van der Waals surface area contributed by atoms with Gasteiger partial charge in [-0.1, -0.05) is 40.9 Å². The molecule has 2 aliphatic rings. The maximum absolute atomic E-state index is 12.5. The lowest BCUT2D eigenvalue weighted by molar-refractivity contribution is -0.139. The summed E-state index contributed by atoms with van der Waals surface area (Å²) in [6, 6.07) is 3.92. The summed E-state index contributed by atoms with van der Waals surface area (Å²) in [4.78, 5) is 24.3. The molecule has 0 aromatic heterocycles. The van der Waals surface area contributed by atoms with E-state index in [1.165, 1.54) is 0 Å². The molecule has 0 radical (unpaired) electrons. The lowest BCUT2D eigenvalue weighted by atomic mass is 9.95. The molecule has 1 atom stereocenters. The van der Waals surface area contributed by atoms with Crippen molar-refractivity contribution < 1.29 is 23.8 Å². The summed E-state index contributed by atoms with van der Waals surface area (Å²) in [6.07, 6.45) is 0. The Kier molecular flexibility index (Phi) is 4.90. The average Bonchev–Trinajstić information content (AvgIpc) is 2.98. The molecular formula is C15H13Cl3N2O5. The molecule has 0 spiro atoms. The summed E-state index contributed by atoms with van der Waals surface area (Å²) in [5, 5.41) is 5.21. The van der Waals surface area contributed by atoms with Gasteiger partial charge >= 0.3 is 12.0 Å². The van der Waals surface area contributed by atoms with Gasteiger partial charge in [0.15, 0.2) is 11.5 Å². The zero-order chi connectivity index (χ0) is 18.2. The van der Waals surface area contributed by atoms with Crippen LogP contribution in [0.1, 0.15) is 18.5 Å². The summed E-state index contributed by atoms with van der Waals surface area (Å²) in [5.74, 6) is 0.404. The molecule has 1 aromatic carbocycles. The lowest BCUT2D eigenvalue weighted by Gasteiger charge is -2.28.